The molecule has 0 unspecified atom stereocenters. The molecule has 1 heterocycles. The van der Waals surface area contributed by atoms with Crippen molar-refractivity contribution in [2.75, 3.05) is 39.3 Å². The zero-order chi connectivity index (χ0) is 11.5. The Labute approximate surface area is 92.4 Å². The van der Waals surface area contributed by atoms with Crippen LogP contribution >= 0.6 is 0 Å². The van der Waals surface area contributed by atoms with Crippen LogP contribution in [0.5, 0.6) is 0 Å². The second-order valence-corrected chi connectivity index (χ2v) is 4.96. The van der Waals surface area contributed by atoms with E-state index in [1.165, 1.54) is 0 Å². The number of carbonyl (C=O) groups is 1. The van der Waals surface area contributed by atoms with Crippen LogP contribution < -0.4 is 5.73 Å². The molecule has 1 saturated heterocycles. The summed E-state index contributed by atoms with van der Waals surface area (Å²) in [4.78, 5) is 16.0. The van der Waals surface area contributed by atoms with Crippen molar-refractivity contribution < 1.29 is 4.79 Å². The second-order valence-electron chi connectivity index (χ2n) is 4.96. The molecule has 1 rings (SSSR count). The minimum Gasteiger partial charge on any atom is -0.369 e. The molecule has 88 valence electrons. The molecule has 1 amide bonds. The Kier molecular flexibility index (Phi) is 4.11. The molecular formula is C11H23N3O. The Bertz CT molecular complexity index is 220. The molecule has 1 aliphatic heterocycles. The Morgan fingerprint density at radius 3 is 2.07 bits per heavy atom. The summed E-state index contributed by atoms with van der Waals surface area (Å²) >= 11 is 0. The molecule has 4 heteroatoms. The molecule has 4 nitrogen and oxygen atoms in total. The van der Waals surface area contributed by atoms with Gasteiger partial charge in [-0.1, -0.05) is 6.92 Å². The molecule has 0 aromatic rings. The summed E-state index contributed by atoms with van der Waals surface area (Å²) in [5.41, 5.74) is 4.96. The Hall–Kier alpha value is -0.610. The number of hydrogen-bond donors (Lipinski definition) is 1. The van der Waals surface area contributed by atoms with E-state index in [1.54, 1.807) is 0 Å². The van der Waals surface area contributed by atoms with E-state index in [1.807, 2.05) is 13.8 Å². The lowest BCUT2D eigenvalue weighted by Crippen LogP contribution is -2.51. The lowest BCUT2D eigenvalue weighted by molar-refractivity contribution is -0.127. The van der Waals surface area contributed by atoms with E-state index in [0.29, 0.717) is 0 Å². The van der Waals surface area contributed by atoms with Gasteiger partial charge in [-0.05, 0) is 20.4 Å². The lowest BCUT2D eigenvalue weighted by Gasteiger charge is -2.37. The highest BCUT2D eigenvalue weighted by Gasteiger charge is 2.29. The van der Waals surface area contributed by atoms with Gasteiger partial charge in [0.05, 0.1) is 5.41 Å². The topological polar surface area (TPSA) is 49.6 Å². The molecule has 0 radical (unpaired) electrons. The fourth-order valence-corrected chi connectivity index (χ4v) is 1.90. The van der Waals surface area contributed by atoms with E-state index >= 15 is 0 Å². The van der Waals surface area contributed by atoms with Gasteiger partial charge in [-0.3, -0.25) is 9.69 Å². The highest BCUT2D eigenvalue weighted by Crippen LogP contribution is 2.17. The molecule has 0 bridgehead atoms. The number of likely N-dealkylation sites (N-methyl/N-ethyl adjacent to an activating group) is 1. The number of rotatable bonds is 4. The number of nitrogens with two attached hydrogens (primary N) is 1. The highest BCUT2D eigenvalue weighted by atomic mass is 16.1. The van der Waals surface area contributed by atoms with Crippen molar-refractivity contribution in [3.63, 3.8) is 0 Å². The number of amides is 1. The molecule has 0 aromatic heterocycles. The summed E-state index contributed by atoms with van der Waals surface area (Å²) in [7, 11) is 0. The molecule has 0 aliphatic carbocycles. The maximum atomic E-state index is 11.2. The van der Waals surface area contributed by atoms with Crippen LogP contribution in [-0.2, 0) is 4.79 Å². The first kappa shape index (κ1) is 12.5. The van der Waals surface area contributed by atoms with Gasteiger partial charge in [-0.2, -0.15) is 0 Å². The van der Waals surface area contributed by atoms with Gasteiger partial charge in [0.1, 0.15) is 0 Å². The molecule has 1 fully saturated rings. The van der Waals surface area contributed by atoms with E-state index in [-0.39, 0.29) is 5.91 Å². The average Bonchev–Trinajstić information content (AvgIpc) is 2.18. The highest BCUT2D eigenvalue weighted by molar-refractivity contribution is 5.80. The summed E-state index contributed by atoms with van der Waals surface area (Å²) in [5, 5.41) is 0. The smallest absolute Gasteiger partial charge is 0.224 e. The second kappa shape index (κ2) is 4.94. The minimum atomic E-state index is -0.408. The summed E-state index contributed by atoms with van der Waals surface area (Å²) in [6, 6.07) is 0. The SMILES string of the molecule is CCN1CCN(CC(C)(C)C(N)=O)CC1. The van der Waals surface area contributed by atoms with Gasteiger partial charge in [0.25, 0.3) is 0 Å². The number of nitrogens with zero attached hydrogens (tertiary/aromatic N) is 2. The maximum absolute atomic E-state index is 11.2. The predicted octanol–water partition coefficient (Wildman–Crippen LogP) is 0.135. The molecule has 15 heavy (non-hydrogen) atoms. The van der Waals surface area contributed by atoms with Crippen LogP contribution in [0.3, 0.4) is 0 Å². The van der Waals surface area contributed by atoms with E-state index in [9.17, 15) is 4.79 Å². The number of carbonyl (C=O) groups excluding carboxylic acids is 1. The van der Waals surface area contributed by atoms with Crippen LogP contribution in [-0.4, -0.2) is 55.0 Å². The fraction of sp³-hybridized carbons (Fsp3) is 0.909. The van der Waals surface area contributed by atoms with Gasteiger partial charge >= 0.3 is 0 Å². The van der Waals surface area contributed by atoms with Crippen LogP contribution in [0.2, 0.25) is 0 Å². The summed E-state index contributed by atoms with van der Waals surface area (Å²) < 4.78 is 0. The third kappa shape index (κ3) is 3.47. The van der Waals surface area contributed by atoms with Crippen LogP contribution in [0.1, 0.15) is 20.8 Å². The molecule has 0 atom stereocenters. The van der Waals surface area contributed by atoms with E-state index < -0.39 is 5.41 Å². The summed E-state index contributed by atoms with van der Waals surface area (Å²) in [5.74, 6) is -0.208. The molecule has 0 aromatic carbocycles. The van der Waals surface area contributed by atoms with Gasteiger partial charge in [-0.15, -0.1) is 0 Å². The zero-order valence-corrected chi connectivity index (χ0v) is 10.1. The monoisotopic (exact) mass is 213 g/mol. The molecule has 2 N–H and O–H groups in total. The van der Waals surface area contributed by atoms with Gasteiger partial charge < -0.3 is 10.6 Å². The Morgan fingerprint density at radius 2 is 1.67 bits per heavy atom. The van der Waals surface area contributed by atoms with Gasteiger partial charge in [-0.25, -0.2) is 0 Å². The van der Waals surface area contributed by atoms with Crippen LogP contribution in [0.15, 0.2) is 0 Å². The molecule has 0 saturated carbocycles. The van der Waals surface area contributed by atoms with Gasteiger partial charge in [0, 0.05) is 32.7 Å². The molecular weight excluding hydrogens is 190 g/mol. The quantitative estimate of drug-likeness (QED) is 0.722. The lowest BCUT2D eigenvalue weighted by atomic mass is 9.92. The van der Waals surface area contributed by atoms with Crippen molar-refractivity contribution in [2.24, 2.45) is 11.1 Å². The van der Waals surface area contributed by atoms with Crippen LogP contribution in [0.25, 0.3) is 0 Å². The standard InChI is InChI=1S/C11H23N3O/c1-4-13-5-7-14(8-6-13)9-11(2,3)10(12)15/h4-9H2,1-3H3,(H2,12,15). The van der Waals surface area contributed by atoms with Crippen molar-refractivity contribution >= 4 is 5.91 Å². The molecule has 1 aliphatic rings. The predicted molar refractivity (Wildman–Crippen MR) is 61.5 cm³/mol. The van der Waals surface area contributed by atoms with E-state index in [0.717, 1.165) is 39.3 Å². The van der Waals surface area contributed by atoms with Crippen molar-refractivity contribution in [1.29, 1.82) is 0 Å². The minimum absolute atomic E-state index is 0.208. The number of piperazine rings is 1. The van der Waals surface area contributed by atoms with Crippen LogP contribution in [0.4, 0.5) is 0 Å². The van der Waals surface area contributed by atoms with E-state index in [2.05, 4.69) is 16.7 Å². The Morgan fingerprint density at radius 1 is 1.20 bits per heavy atom. The summed E-state index contributed by atoms with van der Waals surface area (Å²) in [6.07, 6.45) is 0. The van der Waals surface area contributed by atoms with E-state index in [4.69, 9.17) is 5.73 Å². The van der Waals surface area contributed by atoms with Crippen molar-refractivity contribution in [1.82, 2.24) is 9.80 Å². The third-order valence-electron chi connectivity index (χ3n) is 3.20. The van der Waals surface area contributed by atoms with Crippen molar-refractivity contribution in [2.45, 2.75) is 20.8 Å². The van der Waals surface area contributed by atoms with Gasteiger partial charge in [0.2, 0.25) is 5.91 Å². The zero-order valence-electron chi connectivity index (χ0n) is 10.1. The normalized spacial score (nSPS) is 20.5. The average molecular weight is 213 g/mol. The van der Waals surface area contributed by atoms with Gasteiger partial charge in [0.15, 0.2) is 0 Å². The van der Waals surface area contributed by atoms with Crippen molar-refractivity contribution in [3.8, 4) is 0 Å². The maximum Gasteiger partial charge on any atom is 0.224 e. The Balaban J connectivity index is 2.38. The number of hydrogen-bond acceptors (Lipinski definition) is 3. The number of primary amides is 1. The van der Waals surface area contributed by atoms with Crippen molar-refractivity contribution in [3.05, 3.63) is 0 Å². The largest absolute Gasteiger partial charge is 0.369 e. The fourth-order valence-electron chi connectivity index (χ4n) is 1.90. The summed E-state index contributed by atoms with van der Waals surface area (Å²) in [6.45, 7) is 12.2. The van der Waals surface area contributed by atoms with Crippen LogP contribution in [0, 0.1) is 5.41 Å². The molecule has 0 spiro atoms. The first-order chi connectivity index (χ1) is 6.95. The first-order valence-electron chi connectivity index (χ1n) is 5.70. The first-order valence-corrected chi connectivity index (χ1v) is 5.70. The third-order valence-corrected chi connectivity index (χ3v) is 3.20.